The molecule has 3 heteroatoms. The van der Waals surface area contributed by atoms with Crippen LogP contribution in [0.3, 0.4) is 0 Å². The summed E-state index contributed by atoms with van der Waals surface area (Å²) in [6, 6.07) is 86.6. The van der Waals surface area contributed by atoms with Gasteiger partial charge in [0.15, 0.2) is 0 Å². The van der Waals surface area contributed by atoms with Gasteiger partial charge >= 0.3 is 0 Å². The van der Waals surface area contributed by atoms with Gasteiger partial charge < -0.3 is 14.5 Å². The summed E-state index contributed by atoms with van der Waals surface area (Å²) in [5.74, 6) is 0. The Morgan fingerprint density at radius 3 is 1.73 bits per heavy atom. The quantitative estimate of drug-likeness (QED) is 0.136. The first-order chi connectivity index (χ1) is 35.2. The lowest BCUT2D eigenvalue weighted by Crippen LogP contribution is -2.24. The molecule has 1 aliphatic carbocycles. The first-order valence-corrected chi connectivity index (χ1v) is 24.5. The molecule has 0 radical (unpaired) electrons. The number of nitrogens with one attached hydrogen (secondary N) is 1. The average molecular weight is 908 g/mol. The lowest BCUT2D eigenvalue weighted by atomic mass is 9.72. The Morgan fingerprint density at radius 2 is 1.00 bits per heavy atom. The van der Waals surface area contributed by atoms with Crippen molar-refractivity contribution in [1.82, 2.24) is 9.55 Å². The highest BCUT2D eigenvalue weighted by Gasteiger charge is 2.43. The average Bonchev–Trinajstić information content (AvgIpc) is 4.08. The number of allylic oxidation sites excluding steroid dienone is 6. The van der Waals surface area contributed by atoms with Gasteiger partial charge in [0, 0.05) is 55.3 Å². The summed E-state index contributed by atoms with van der Waals surface area (Å²) in [5.41, 5.74) is 19.6. The minimum absolute atomic E-state index is 0.511. The number of anilines is 3. The van der Waals surface area contributed by atoms with Gasteiger partial charge in [0.25, 0.3) is 0 Å². The van der Waals surface area contributed by atoms with Crippen LogP contribution in [-0.2, 0) is 5.41 Å². The van der Waals surface area contributed by atoms with E-state index in [4.69, 9.17) is 0 Å². The molecular weight excluding hydrogens is 859 g/mol. The standard InChI is InChI=1S/C68H49N3/c1-2-3-4-5-18-45-68(51-21-10-7-11-22-51)61-26-15-12-23-56(61)57-42-41-55(46-62(57)68)70(52-35-29-48(30-36-52)47-19-8-6-9-20-47)53-37-31-49(32-38-53)50-33-39-54(40-34-50)71-65-28-17-14-24-58(65)59-43-44-64-66(67(59)71)60-25-13-16-27-63(60)69-64/h2-46,69H,1H3. The van der Waals surface area contributed by atoms with E-state index in [9.17, 15) is 0 Å². The molecule has 0 spiro atoms. The van der Waals surface area contributed by atoms with Crippen molar-refractivity contribution in [3.63, 3.8) is 0 Å². The highest BCUT2D eigenvalue weighted by molar-refractivity contribution is 6.25. The number of aromatic nitrogens is 2. The summed E-state index contributed by atoms with van der Waals surface area (Å²) in [4.78, 5) is 6.09. The summed E-state index contributed by atoms with van der Waals surface area (Å²) in [7, 11) is 0. The molecule has 336 valence electrons. The highest BCUT2D eigenvalue weighted by atomic mass is 15.1. The molecule has 2 aromatic heterocycles. The monoisotopic (exact) mass is 907 g/mol. The molecule has 3 nitrogen and oxygen atoms in total. The third kappa shape index (κ3) is 6.96. The zero-order chi connectivity index (χ0) is 47.3. The van der Waals surface area contributed by atoms with Crippen molar-refractivity contribution in [2.75, 3.05) is 4.90 Å². The Morgan fingerprint density at radius 1 is 0.423 bits per heavy atom. The number of H-pyrrole nitrogens is 1. The van der Waals surface area contributed by atoms with Gasteiger partial charge in [0.05, 0.1) is 16.4 Å². The molecule has 0 saturated carbocycles. The van der Waals surface area contributed by atoms with E-state index in [0.717, 1.165) is 44.9 Å². The van der Waals surface area contributed by atoms with Crippen molar-refractivity contribution in [3.8, 4) is 39.1 Å². The molecule has 13 rings (SSSR count). The fourth-order valence-electron chi connectivity index (χ4n) is 11.3. The van der Waals surface area contributed by atoms with E-state index >= 15 is 0 Å². The van der Waals surface area contributed by atoms with Crippen molar-refractivity contribution in [2.45, 2.75) is 12.3 Å². The number of aromatic amines is 1. The van der Waals surface area contributed by atoms with Gasteiger partial charge in [0.2, 0.25) is 0 Å². The van der Waals surface area contributed by atoms with Gasteiger partial charge in [-0.2, -0.15) is 0 Å². The van der Waals surface area contributed by atoms with Gasteiger partial charge in [-0.05, 0) is 124 Å². The van der Waals surface area contributed by atoms with Crippen LogP contribution in [0.15, 0.2) is 273 Å². The van der Waals surface area contributed by atoms with Crippen LogP contribution in [0.1, 0.15) is 23.6 Å². The van der Waals surface area contributed by atoms with Crippen LogP contribution >= 0.6 is 0 Å². The fourth-order valence-corrected chi connectivity index (χ4v) is 11.3. The number of fused-ring (bicyclic) bond motifs is 10. The molecule has 10 aromatic carbocycles. The number of benzene rings is 10. The van der Waals surface area contributed by atoms with E-state index in [1.54, 1.807) is 0 Å². The largest absolute Gasteiger partial charge is 0.354 e. The molecule has 0 fully saturated rings. The lowest BCUT2D eigenvalue weighted by Gasteiger charge is -2.32. The molecule has 1 atom stereocenters. The molecule has 0 saturated heterocycles. The van der Waals surface area contributed by atoms with Crippen LogP contribution in [0.2, 0.25) is 0 Å². The van der Waals surface area contributed by atoms with E-state index in [0.29, 0.717) is 0 Å². The van der Waals surface area contributed by atoms with Gasteiger partial charge in [-0.15, -0.1) is 0 Å². The molecule has 0 aliphatic heterocycles. The van der Waals surface area contributed by atoms with Gasteiger partial charge in [-0.3, -0.25) is 0 Å². The Labute approximate surface area is 414 Å². The molecule has 12 aromatic rings. The first kappa shape index (κ1) is 42.0. The van der Waals surface area contributed by atoms with Crippen molar-refractivity contribution in [1.29, 1.82) is 0 Å². The van der Waals surface area contributed by atoms with Crippen LogP contribution in [0.4, 0.5) is 17.1 Å². The number of nitrogens with zero attached hydrogens (tertiary/aromatic N) is 2. The summed E-state index contributed by atoms with van der Waals surface area (Å²) in [5, 5.41) is 4.99. The second-order valence-corrected chi connectivity index (χ2v) is 18.5. The minimum atomic E-state index is -0.511. The van der Waals surface area contributed by atoms with Gasteiger partial charge in [-0.25, -0.2) is 0 Å². The van der Waals surface area contributed by atoms with Crippen LogP contribution in [-0.4, -0.2) is 9.55 Å². The van der Waals surface area contributed by atoms with Crippen molar-refractivity contribution in [2.24, 2.45) is 0 Å². The maximum Gasteiger partial charge on any atom is 0.0647 e. The molecule has 0 amide bonds. The van der Waals surface area contributed by atoms with E-state index in [1.807, 2.05) is 6.92 Å². The SMILES string of the molecule is CC=CC=CC=CC1(c2ccccc2)c2ccccc2-c2ccc(N(c3ccc(-c4ccccc4)cc3)c3ccc(-c4ccc(-n5c6ccccc6c6ccc7[nH]c8ccccc8c7c65)cc4)cc3)cc21. The topological polar surface area (TPSA) is 24.0 Å². The van der Waals surface area contributed by atoms with Crippen LogP contribution < -0.4 is 4.90 Å². The van der Waals surface area contributed by atoms with Gasteiger partial charge in [0.1, 0.15) is 0 Å². The van der Waals surface area contributed by atoms with E-state index in [-0.39, 0.29) is 0 Å². The second kappa shape index (κ2) is 17.4. The van der Waals surface area contributed by atoms with E-state index in [1.165, 1.54) is 71.5 Å². The molecule has 0 bridgehead atoms. The Bertz CT molecular complexity index is 4020. The summed E-state index contributed by atoms with van der Waals surface area (Å²) < 4.78 is 2.44. The summed E-state index contributed by atoms with van der Waals surface area (Å²) in [6.07, 6.45) is 13.0. The molecule has 1 N–H and O–H groups in total. The number of hydrogen-bond donors (Lipinski definition) is 1. The Kier molecular flexibility index (Phi) is 10.3. The predicted molar refractivity (Wildman–Crippen MR) is 301 cm³/mol. The summed E-state index contributed by atoms with van der Waals surface area (Å²) >= 11 is 0. The number of rotatable bonds is 10. The van der Waals surface area contributed by atoms with Crippen molar-refractivity contribution >= 4 is 60.7 Å². The van der Waals surface area contributed by atoms with Crippen molar-refractivity contribution < 1.29 is 0 Å². The first-order valence-electron chi connectivity index (χ1n) is 24.5. The zero-order valence-corrected chi connectivity index (χ0v) is 39.4. The Hall–Kier alpha value is -9.18. The predicted octanol–water partition coefficient (Wildman–Crippen LogP) is 18.2. The van der Waals surface area contributed by atoms with Gasteiger partial charge in [-0.1, -0.05) is 206 Å². The van der Waals surface area contributed by atoms with Crippen LogP contribution in [0.25, 0.3) is 82.7 Å². The van der Waals surface area contributed by atoms with E-state index in [2.05, 4.69) is 287 Å². The molecule has 71 heavy (non-hydrogen) atoms. The molecule has 2 heterocycles. The smallest absolute Gasteiger partial charge is 0.0647 e. The molecule has 1 aliphatic rings. The van der Waals surface area contributed by atoms with Crippen LogP contribution in [0.5, 0.6) is 0 Å². The summed E-state index contributed by atoms with van der Waals surface area (Å²) in [6.45, 7) is 2.05. The van der Waals surface area contributed by atoms with Crippen molar-refractivity contribution in [3.05, 3.63) is 290 Å². The lowest BCUT2D eigenvalue weighted by molar-refractivity contribution is 0.804. The maximum absolute atomic E-state index is 3.68. The zero-order valence-electron chi connectivity index (χ0n) is 39.4. The second-order valence-electron chi connectivity index (χ2n) is 18.5. The Balaban J connectivity index is 0.921. The minimum Gasteiger partial charge on any atom is -0.354 e. The molecule has 1 unspecified atom stereocenters. The third-order valence-electron chi connectivity index (χ3n) is 14.5. The number of para-hydroxylation sites is 2. The number of hydrogen-bond acceptors (Lipinski definition) is 1. The highest BCUT2D eigenvalue weighted by Crippen LogP contribution is 2.55. The van der Waals surface area contributed by atoms with E-state index < -0.39 is 5.41 Å². The fraction of sp³-hybridized carbons (Fsp3) is 0.0294. The normalized spacial score (nSPS) is 14.4. The molecular formula is C68H49N3. The third-order valence-corrected chi connectivity index (χ3v) is 14.5. The van der Waals surface area contributed by atoms with Crippen LogP contribution in [0, 0.1) is 0 Å². The maximum atomic E-state index is 3.68.